The molecule has 2 aromatic rings. The van der Waals surface area contributed by atoms with Gasteiger partial charge in [0, 0.05) is 18.4 Å². The van der Waals surface area contributed by atoms with E-state index in [-0.39, 0.29) is 11.4 Å². The minimum absolute atomic E-state index is 0.0987. The summed E-state index contributed by atoms with van der Waals surface area (Å²) >= 11 is 0. The van der Waals surface area contributed by atoms with Crippen molar-refractivity contribution in [1.29, 1.82) is 5.26 Å². The quantitative estimate of drug-likeness (QED) is 0.487. The summed E-state index contributed by atoms with van der Waals surface area (Å²) in [6.45, 7) is 0.487. The van der Waals surface area contributed by atoms with Crippen LogP contribution >= 0.6 is 0 Å². The number of carbonyl (C=O) groups is 1. The topological polar surface area (TPSA) is 64.9 Å². The maximum atomic E-state index is 12.8. The van der Waals surface area contributed by atoms with Gasteiger partial charge >= 0.3 is 0 Å². The van der Waals surface area contributed by atoms with Gasteiger partial charge in [0.2, 0.25) is 0 Å². The van der Waals surface area contributed by atoms with Crippen LogP contribution in [0.1, 0.15) is 5.56 Å². The molecule has 0 unspecified atom stereocenters. The Morgan fingerprint density at radius 3 is 2.21 bits per heavy atom. The van der Waals surface area contributed by atoms with Crippen molar-refractivity contribution in [2.75, 3.05) is 11.9 Å². The first-order chi connectivity index (χ1) is 11.6. The van der Waals surface area contributed by atoms with Crippen molar-refractivity contribution in [2.24, 2.45) is 0 Å². The number of nitrogens with one attached hydrogen (secondary N) is 2. The molecule has 1 amide bonds. The van der Waals surface area contributed by atoms with Crippen LogP contribution in [-0.4, -0.2) is 12.5 Å². The first-order valence-electron chi connectivity index (χ1n) is 7.23. The van der Waals surface area contributed by atoms with Crippen molar-refractivity contribution >= 4 is 11.6 Å². The summed E-state index contributed by atoms with van der Waals surface area (Å²) in [4.78, 5) is 12.0. The molecular formula is C18H15F2N3O. The molecule has 24 heavy (non-hydrogen) atoms. The van der Waals surface area contributed by atoms with E-state index >= 15 is 0 Å². The fourth-order valence-corrected chi connectivity index (χ4v) is 1.92. The van der Waals surface area contributed by atoms with Gasteiger partial charge in [0.15, 0.2) is 0 Å². The predicted molar refractivity (Wildman–Crippen MR) is 86.8 cm³/mol. The van der Waals surface area contributed by atoms with Gasteiger partial charge in [-0.25, -0.2) is 8.78 Å². The number of hydrogen-bond acceptors (Lipinski definition) is 3. The Balaban J connectivity index is 1.86. The highest BCUT2D eigenvalue weighted by Crippen LogP contribution is 2.09. The van der Waals surface area contributed by atoms with Crippen LogP contribution in [0, 0.1) is 23.0 Å². The van der Waals surface area contributed by atoms with E-state index in [0.717, 1.165) is 5.56 Å². The Morgan fingerprint density at radius 2 is 1.62 bits per heavy atom. The molecule has 2 rings (SSSR count). The van der Waals surface area contributed by atoms with Crippen LogP contribution < -0.4 is 10.6 Å². The fourth-order valence-electron chi connectivity index (χ4n) is 1.92. The molecule has 6 heteroatoms. The Labute approximate surface area is 138 Å². The van der Waals surface area contributed by atoms with Gasteiger partial charge in [-0.3, -0.25) is 4.79 Å². The SMILES string of the molecule is N#C/C(=C/NCCc1ccc(F)cc1)C(=O)Nc1ccc(F)cc1. The van der Waals surface area contributed by atoms with E-state index in [9.17, 15) is 13.6 Å². The van der Waals surface area contributed by atoms with E-state index in [4.69, 9.17) is 5.26 Å². The van der Waals surface area contributed by atoms with E-state index in [1.165, 1.54) is 42.6 Å². The first kappa shape index (κ1) is 17.2. The Morgan fingerprint density at radius 1 is 1.04 bits per heavy atom. The summed E-state index contributed by atoms with van der Waals surface area (Å²) in [7, 11) is 0. The van der Waals surface area contributed by atoms with Crippen molar-refractivity contribution in [1.82, 2.24) is 5.32 Å². The van der Waals surface area contributed by atoms with Gasteiger partial charge in [-0.1, -0.05) is 12.1 Å². The van der Waals surface area contributed by atoms with Crippen LogP contribution in [0.15, 0.2) is 60.3 Å². The van der Waals surface area contributed by atoms with Crippen LogP contribution in [0.5, 0.6) is 0 Å². The lowest BCUT2D eigenvalue weighted by Gasteiger charge is -2.05. The van der Waals surface area contributed by atoms with E-state index < -0.39 is 11.7 Å². The number of benzene rings is 2. The lowest BCUT2D eigenvalue weighted by Crippen LogP contribution is -2.18. The number of amides is 1. The number of halogens is 2. The Kier molecular flexibility index (Phi) is 6.03. The van der Waals surface area contributed by atoms with Crippen LogP contribution in [0.25, 0.3) is 0 Å². The summed E-state index contributed by atoms with van der Waals surface area (Å²) in [6, 6.07) is 13.1. The molecule has 0 aliphatic heterocycles. The van der Waals surface area contributed by atoms with Gasteiger partial charge in [-0.05, 0) is 48.4 Å². The highest BCUT2D eigenvalue weighted by molar-refractivity contribution is 6.06. The number of anilines is 1. The largest absolute Gasteiger partial charge is 0.389 e. The molecule has 0 fully saturated rings. The third kappa shape index (κ3) is 5.21. The number of rotatable bonds is 6. The number of nitrogens with zero attached hydrogens (tertiary/aromatic N) is 1. The average Bonchev–Trinajstić information content (AvgIpc) is 2.58. The molecule has 2 N–H and O–H groups in total. The van der Waals surface area contributed by atoms with Crippen molar-refractivity contribution in [3.05, 3.63) is 77.5 Å². The molecule has 0 radical (unpaired) electrons. The first-order valence-corrected chi connectivity index (χ1v) is 7.23. The second-order valence-electron chi connectivity index (χ2n) is 4.96. The summed E-state index contributed by atoms with van der Waals surface area (Å²) < 4.78 is 25.6. The third-order valence-electron chi connectivity index (χ3n) is 3.18. The Hall–Kier alpha value is -3.20. The summed E-state index contributed by atoms with van der Waals surface area (Å²) in [6.07, 6.45) is 1.94. The van der Waals surface area contributed by atoms with Gasteiger partial charge in [0.1, 0.15) is 23.3 Å². The maximum Gasteiger partial charge on any atom is 0.267 e. The van der Waals surface area contributed by atoms with E-state index in [1.807, 2.05) is 0 Å². The highest BCUT2D eigenvalue weighted by atomic mass is 19.1. The molecule has 0 saturated heterocycles. The zero-order chi connectivity index (χ0) is 17.4. The lowest BCUT2D eigenvalue weighted by atomic mass is 10.1. The number of hydrogen-bond donors (Lipinski definition) is 2. The standard InChI is InChI=1S/C18H15F2N3O/c19-15-3-1-13(2-4-15)9-10-22-12-14(11-21)18(24)23-17-7-5-16(20)6-8-17/h1-8,12,22H,9-10H2,(H,23,24)/b14-12-. The Bertz CT molecular complexity index is 762. The lowest BCUT2D eigenvalue weighted by molar-refractivity contribution is -0.112. The van der Waals surface area contributed by atoms with Crippen molar-refractivity contribution in [3.8, 4) is 6.07 Å². The molecule has 0 aliphatic carbocycles. The normalized spacial score (nSPS) is 10.8. The molecule has 0 aliphatic rings. The zero-order valence-corrected chi connectivity index (χ0v) is 12.7. The van der Waals surface area contributed by atoms with Gasteiger partial charge in [-0.2, -0.15) is 5.26 Å². The molecule has 0 heterocycles. The monoisotopic (exact) mass is 327 g/mol. The minimum Gasteiger partial charge on any atom is -0.389 e. The molecule has 0 saturated carbocycles. The van der Waals surface area contributed by atoms with Crippen molar-refractivity contribution in [2.45, 2.75) is 6.42 Å². The summed E-state index contributed by atoms with van der Waals surface area (Å²) in [5.74, 6) is -1.29. The third-order valence-corrected chi connectivity index (χ3v) is 3.18. The molecule has 0 bridgehead atoms. The van der Waals surface area contributed by atoms with Gasteiger partial charge in [-0.15, -0.1) is 0 Å². The van der Waals surface area contributed by atoms with E-state index in [1.54, 1.807) is 18.2 Å². The van der Waals surface area contributed by atoms with Crippen molar-refractivity contribution < 1.29 is 13.6 Å². The zero-order valence-electron chi connectivity index (χ0n) is 12.7. The predicted octanol–water partition coefficient (Wildman–Crippen LogP) is 3.14. The molecule has 0 spiro atoms. The molecule has 4 nitrogen and oxygen atoms in total. The smallest absolute Gasteiger partial charge is 0.267 e. The summed E-state index contributed by atoms with van der Waals surface area (Å²) in [5, 5.41) is 14.4. The van der Waals surface area contributed by atoms with E-state index in [0.29, 0.717) is 18.7 Å². The van der Waals surface area contributed by atoms with Crippen LogP contribution in [0.3, 0.4) is 0 Å². The van der Waals surface area contributed by atoms with Gasteiger partial charge < -0.3 is 10.6 Å². The number of nitriles is 1. The summed E-state index contributed by atoms with van der Waals surface area (Å²) in [5.41, 5.74) is 1.24. The molecule has 0 atom stereocenters. The molecular weight excluding hydrogens is 312 g/mol. The highest BCUT2D eigenvalue weighted by Gasteiger charge is 2.09. The van der Waals surface area contributed by atoms with E-state index in [2.05, 4.69) is 10.6 Å². The minimum atomic E-state index is -0.585. The van der Waals surface area contributed by atoms with Crippen LogP contribution in [-0.2, 0) is 11.2 Å². The molecule has 0 aromatic heterocycles. The molecule has 122 valence electrons. The van der Waals surface area contributed by atoms with Crippen LogP contribution in [0.4, 0.5) is 14.5 Å². The fraction of sp³-hybridized carbons (Fsp3) is 0.111. The van der Waals surface area contributed by atoms with Gasteiger partial charge in [0.25, 0.3) is 5.91 Å². The number of carbonyl (C=O) groups excluding carboxylic acids is 1. The second-order valence-corrected chi connectivity index (χ2v) is 4.96. The second kappa shape index (κ2) is 8.44. The molecule has 2 aromatic carbocycles. The van der Waals surface area contributed by atoms with Crippen molar-refractivity contribution in [3.63, 3.8) is 0 Å². The van der Waals surface area contributed by atoms with Crippen LogP contribution in [0.2, 0.25) is 0 Å². The van der Waals surface area contributed by atoms with Gasteiger partial charge in [0.05, 0.1) is 0 Å². The maximum absolute atomic E-state index is 12.8. The average molecular weight is 327 g/mol.